The van der Waals surface area contributed by atoms with E-state index in [9.17, 15) is 9.59 Å². The molecule has 0 atom stereocenters. The van der Waals surface area contributed by atoms with E-state index in [0.29, 0.717) is 15.7 Å². The van der Waals surface area contributed by atoms with Crippen molar-refractivity contribution in [1.82, 2.24) is 4.98 Å². The van der Waals surface area contributed by atoms with Gasteiger partial charge in [0.15, 0.2) is 5.13 Å². The van der Waals surface area contributed by atoms with E-state index in [0.717, 1.165) is 22.6 Å². The Kier molecular flexibility index (Phi) is 5.48. The molecule has 23 heavy (non-hydrogen) atoms. The highest BCUT2D eigenvalue weighted by molar-refractivity contribution is 7.17. The fourth-order valence-corrected chi connectivity index (χ4v) is 2.65. The minimum Gasteiger partial charge on any atom is -0.497 e. The fourth-order valence-electron chi connectivity index (χ4n) is 1.77. The van der Waals surface area contributed by atoms with Crippen LogP contribution >= 0.6 is 11.3 Å². The van der Waals surface area contributed by atoms with Gasteiger partial charge < -0.3 is 9.47 Å². The zero-order chi connectivity index (χ0) is 16.8. The summed E-state index contributed by atoms with van der Waals surface area (Å²) in [7, 11) is 2.90. The van der Waals surface area contributed by atoms with Crippen molar-refractivity contribution in [2.45, 2.75) is 6.92 Å². The van der Waals surface area contributed by atoms with Gasteiger partial charge in [-0.2, -0.15) is 0 Å². The number of thiazole rings is 1. The van der Waals surface area contributed by atoms with E-state index in [1.807, 2.05) is 24.3 Å². The van der Waals surface area contributed by atoms with Crippen LogP contribution < -0.4 is 10.1 Å². The largest absolute Gasteiger partial charge is 0.497 e. The number of methoxy groups -OCH3 is 2. The Balaban J connectivity index is 2.01. The number of rotatable bonds is 5. The molecule has 0 aliphatic carbocycles. The van der Waals surface area contributed by atoms with Crippen LogP contribution in [-0.4, -0.2) is 31.1 Å². The molecule has 0 radical (unpaired) electrons. The lowest BCUT2D eigenvalue weighted by Crippen LogP contribution is -2.07. The van der Waals surface area contributed by atoms with Gasteiger partial charge >= 0.3 is 5.97 Å². The van der Waals surface area contributed by atoms with Crippen LogP contribution in [0.15, 0.2) is 30.3 Å². The third kappa shape index (κ3) is 4.40. The molecule has 1 N–H and O–H groups in total. The highest BCUT2D eigenvalue weighted by atomic mass is 32.1. The first kappa shape index (κ1) is 16.7. The normalized spacial score (nSPS) is 10.6. The quantitative estimate of drug-likeness (QED) is 0.673. The van der Waals surface area contributed by atoms with Crippen molar-refractivity contribution in [2.75, 3.05) is 19.5 Å². The van der Waals surface area contributed by atoms with Crippen LogP contribution in [0.1, 0.15) is 20.9 Å². The molecule has 2 rings (SSSR count). The summed E-state index contributed by atoms with van der Waals surface area (Å²) in [6, 6.07) is 7.30. The Hall–Kier alpha value is -2.67. The van der Waals surface area contributed by atoms with Gasteiger partial charge in [-0.25, -0.2) is 9.78 Å². The molecule has 0 aliphatic rings. The number of hydrogen-bond donors (Lipinski definition) is 1. The molecule has 1 heterocycles. The molecule has 2 aromatic rings. The van der Waals surface area contributed by atoms with E-state index < -0.39 is 5.97 Å². The second-order valence-corrected chi connectivity index (χ2v) is 5.52. The molecule has 1 aromatic heterocycles. The number of carbonyl (C=O) groups is 2. The lowest BCUT2D eigenvalue weighted by Gasteiger charge is -1.99. The predicted octanol–water partition coefficient (Wildman–Crippen LogP) is 2.90. The standard InChI is InChI=1S/C16H16N2O4S/c1-10-14(15(20)22-3)23-16(17-10)18-13(19)9-6-11-4-7-12(21-2)8-5-11/h4-9H,1-3H3,(H,17,18,19). The first-order chi connectivity index (χ1) is 11.0. The molecule has 0 saturated carbocycles. The number of nitrogens with one attached hydrogen (secondary N) is 1. The Labute approximate surface area is 137 Å². The van der Waals surface area contributed by atoms with Gasteiger partial charge in [-0.3, -0.25) is 10.1 Å². The molecule has 1 aromatic carbocycles. The molecule has 0 unspecified atom stereocenters. The van der Waals surface area contributed by atoms with Crippen molar-refractivity contribution in [1.29, 1.82) is 0 Å². The second kappa shape index (κ2) is 7.55. The summed E-state index contributed by atoms with van der Waals surface area (Å²) < 4.78 is 9.72. The van der Waals surface area contributed by atoms with E-state index >= 15 is 0 Å². The van der Waals surface area contributed by atoms with Crippen molar-refractivity contribution in [2.24, 2.45) is 0 Å². The van der Waals surface area contributed by atoms with Crippen molar-refractivity contribution in [3.63, 3.8) is 0 Å². The van der Waals surface area contributed by atoms with Crippen molar-refractivity contribution >= 4 is 34.4 Å². The number of amides is 1. The Morgan fingerprint density at radius 3 is 2.52 bits per heavy atom. The lowest BCUT2D eigenvalue weighted by molar-refractivity contribution is -0.111. The van der Waals surface area contributed by atoms with E-state index in [-0.39, 0.29) is 5.91 Å². The van der Waals surface area contributed by atoms with Crippen LogP contribution in [0.4, 0.5) is 5.13 Å². The summed E-state index contributed by atoms with van der Waals surface area (Å²) in [5.74, 6) is -0.0412. The van der Waals surface area contributed by atoms with Crippen LogP contribution in [0.5, 0.6) is 5.75 Å². The number of ether oxygens (including phenoxy) is 2. The molecular formula is C16H16N2O4S. The van der Waals surface area contributed by atoms with E-state index in [4.69, 9.17) is 4.74 Å². The molecule has 0 saturated heterocycles. The smallest absolute Gasteiger partial charge is 0.350 e. The Bertz CT molecular complexity index is 735. The van der Waals surface area contributed by atoms with Gasteiger partial charge in [0.1, 0.15) is 10.6 Å². The summed E-state index contributed by atoms with van der Waals surface area (Å²) in [4.78, 5) is 27.9. The molecule has 1 amide bonds. The van der Waals surface area contributed by atoms with Gasteiger partial charge in [-0.1, -0.05) is 23.5 Å². The van der Waals surface area contributed by atoms with Gasteiger partial charge in [-0.15, -0.1) is 0 Å². The third-order valence-corrected chi connectivity index (χ3v) is 3.99. The molecular weight excluding hydrogens is 316 g/mol. The van der Waals surface area contributed by atoms with Crippen molar-refractivity contribution in [3.8, 4) is 5.75 Å². The van der Waals surface area contributed by atoms with Gasteiger partial charge in [0.25, 0.3) is 0 Å². The molecule has 0 aliphatic heterocycles. The molecule has 0 spiro atoms. The number of hydrogen-bond acceptors (Lipinski definition) is 6. The minimum atomic E-state index is -0.464. The van der Waals surface area contributed by atoms with Gasteiger partial charge in [0, 0.05) is 6.08 Å². The number of aromatic nitrogens is 1. The van der Waals surface area contributed by atoms with E-state index in [2.05, 4.69) is 15.0 Å². The molecule has 0 fully saturated rings. The summed E-state index contributed by atoms with van der Waals surface area (Å²) in [6.45, 7) is 1.69. The highest BCUT2D eigenvalue weighted by Crippen LogP contribution is 2.23. The molecule has 120 valence electrons. The van der Waals surface area contributed by atoms with Crippen LogP contribution in [0, 0.1) is 6.92 Å². The second-order valence-electron chi connectivity index (χ2n) is 4.52. The first-order valence-electron chi connectivity index (χ1n) is 6.72. The molecule has 6 nitrogen and oxygen atoms in total. The zero-order valence-corrected chi connectivity index (χ0v) is 13.8. The zero-order valence-electron chi connectivity index (χ0n) is 13.0. The van der Waals surface area contributed by atoms with Crippen LogP contribution in [0.3, 0.4) is 0 Å². The number of aryl methyl sites for hydroxylation is 1. The highest BCUT2D eigenvalue weighted by Gasteiger charge is 2.16. The maximum atomic E-state index is 11.9. The average molecular weight is 332 g/mol. The van der Waals surface area contributed by atoms with Crippen molar-refractivity contribution in [3.05, 3.63) is 46.5 Å². The number of anilines is 1. The molecule has 7 heteroatoms. The number of nitrogens with zero attached hydrogens (tertiary/aromatic N) is 1. The summed E-state index contributed by atoms with van der Waals surface area (Å²) >= 11 is 1.08. The maximum Gasteiger partial charge on any atom is 0.350 e. The fraction of sp³-hybridized carbons (Fsp3) is 0.188. The Morgan fingerprint density at radius 1 is 1.22 bits per heavy atom. The lowest BCUT2D eigenvalue weighted by atomic mass is 10.2. The van der Waals surface area contributed by atoms with E-state index in [1.54, 1.807) is 20.1 Å². The topological polar surface area (TPSA) is 77.5 Å². The Morgan fingerprint density at radius 2 is 1.91 bits per heavy atom. The number of esters is 1. The monoisotopic (exact) mass is 332 g/mol. The van der Waals surface area contributed by atoms with Gasteiger partial charge in [0.05, 0.1) is 19.9 Å². The first-order valence-corrected chi connectivity index (χ1v) is 7.54. The maximum absolute atomic E-state index is 11.9. The van der Waals surface area contributed by atoms with Gasteiger partial charge in [0.2, 0.25) is 5.91 Å². The average Bonchev–Trinajstić information content (AvgIpc) is 2.93. The summed E-state index contributed by atoms with van der Waals surface area (Å²) in [6.07, 6.45) is 3.08. The van der Waals surface area contributed by atoms with E-state index in [1.165, 1.54) is 13.2 Å². The van der Waals surface area contributed by atoms with Crippen LogP contribution in [-0.2, 0) is 9.53 Å². The third-order valence-electron chi connectivity index (χ3n) is 2.94. The predicted molar refractivity (Wildman–Crippen MR) is 88.8 cm³/mol. The SMILES string of the molecule is COC(=O)c1sc(NC(=O)C=Cc2ccc(OC)cc2)nc1C. The number of carbonyl (C=O) groups excluding carboxylic acids is 2. The number of benzene rings is 1. The summed E-state index contributed by atoms with van der Waals surface area (Å²) in [5, 5.41) is 2.98. The van der Waals surface area contributed by atoms with Crippen LogP contribution in [0.2, 0.25) is 0 Å². The summed E-state index contributed by atoms with van der Waals surface area (Å²) in [5.41, 5.74) is 1.39. The van der Waals surface area contributed by atoms with Crippen molar-refractivity contribution < 1.29 is 19.1 Å². The minimum absolute atomic E-state index is 0.328. The molecule has 0 bridgehead atoms. The van der Waals surface area contributed by atoms with Crippen LogP contribution in [0.25, 0.3) is 6.08 Å². The van der Waals surface area contributed by atoms with Gasteiger partial charge in [-0.05, 0) is 30.7 Å².